The Labute approximate surface area is 101 Å². The van der Waals surface area contributed by atoms with Crippen LogP contribution < -0.4 is 0 Å². The van der Waals surface area contributed by atoms with E-state index in [9.17, 15) is 0 Å². The van der Waals surface area contributed by atoms with Gasteiger partial charge in [-0.1, -0.05) is 62.0 Å². The normalized spacial score (nSPS) is 12.9. The molecule has 16 heavy (non-hydrogen) atoms. The van der Waals surface area contributed by atoms with Crippen molar-refractivity contribution in [2.75, 3.05) is 0 Å². The van der Waals surface area contributed by atoms with Gasteiger partial charge in [0.05, 0.1) is 0 Å². The zero-order chi connectivity index (χ0) is 11.9. The summed E-state index contributed by atoms with van der Waals surface area (Å²) >= 11 is 0. The van der Waals surface area contributed by atoms with Crippen molar-refractivity contribution in [3.05, 3.63) is 48.6 Å². The van der Waals surface area contributed by atoms with Crippen LogP contribution in [0.25, 0.3) is 0 Å². The molecule has 90 valence electrons. The molecule has 0 fully saturated rings. The second-order valence-electron chi connectivity index (χ2n) is 3.88. The van der Waals surface area contributed by atoms with Gasteiger partial charge in [-0.05, 0) is 39.0 Å². The van der Waals surface area contributed by atoms with Gasteiger partial charge in [0.15, 0.2) is 0 Å². The van der Waals surface area contributed by atoms with Gasteiger partial charge in [-0.2, -0.15) is 0 Å². The smallest absolute Gasteiger partial charge is 0.0347 e. The second-order valence-corrected chi connectivity index (χ2v) is 3.88. The Kier molecular flexibility index (Phi) is 13.1. The van der Waals surface area contributed by atoms with E-state index in [-0.39, 0.29) is 0 Å². The van der Waals surface area contributed by atoms with Crippen LogP contribution in [0.4, 0.5) is 0 Å². The fraction of sp³-hybridized carbons (Fsp3) is 0.500. The molecule has 0 aliphatic heterocycles. The molecule has 0 saturated carbocycles. The van der Waals surface area contributed by atoms with E-state index in [0.29, 0.717) is 0 Å². The molecule has 0 atom stereocenters. The van der Waals surface area contributed by atoms with Crippen molar-refractivity contribution in [3.8, 4) is 0 Å². The Morgan fingerprint density at radius 2 is 1.31 bits per heavy atom. The first kappa shape index (κ1) is 15.0. The highest BCUT2D eigenvalue weighted by Gasteiger charge is 1.82. The molecule has 0 aliphatic rings. The Morgan fingerprint density at radius 3 is 2.00 bits per heavy atom. The van der Waals surface area contributed by atoms with E-state index in [0.717, 1.165) is 0 Å². The first-order valence-electron chi connectivity index (χ1n) is 6.51. The molecular weight excluding hydrogens is 192 g/mol. The Balaban J connectivity index is 3.26. The topological polar surface area (TPSA) is 0 Å². The predicted octanol–water partition coefficient (Wildman–Crippen LogP) is 5.59. The van der Waals surface area contributed by atoms with Crippen molar-refractivity contribution in [1.29, 1.82) is 0 Å². The molecule has 0 amide bonds. The molecule has 0 radical (unpaired) electrons. The van der Waals surface area contributed by atoms with Gasteiger partial charge in [0.1, 0.15) is 0 Å². The standard InChI is InChI=1S/C16H26/c1-3-5-7-9-11-13-15-16-14-12-10-8-6-4-2/h3,5,7-11,13H,4,6,12,14-16H2,1-2H3/b5-3+,9-7+,10-8+,13-11+. The Bertz CT molecular complexity index is 228. The molecule has 0 aliphatic carbocycles. The van der Waals surface area contributed by atoms with Crippen LogP contribution in [0.3, 0.4) is 0 Å². The van der Waals surface area contributed by atoms with Gasteiger partial charge in [-0.3, -0.25) is 0 Å². The fourth-order valence-electron chi connectivity index (χ4n) is 1.34. The second kappa shape index (κ2) is 14.0. The van der Waals surface area contributed by atoms with Gasteiger partial charge >= 0.3 is 0 Å². The van der Waals surface area contributed by atoms with Crippen LogP contribution in [-0.4, -0.2) is 0 Å². The van der Waals surface area contributed by atoms with Gasteiger partial charge < -0.3 is 0 Å². The molecule has 0 spiro atoms. The van der Waals surface area contributed by atoms with E-state index in [2.05, 4.69) is 43.4 Å². The van der Waals surface area contributed by atoms with Crippen molar-refractivity contribution in [2.24, 2.45) is 0 Å². The molecule has 0 aromatic heterocycles. The monoisotopic (exact) mass is 218 g/mol. The van der Waals surface area contributed by atoms with Crippen LogP contribution in [0.15, 0.2) is 48.6 Å². The van der Waals surface area contributed by atoms with Crippen molar-refractivity contribution in [1.82, 2.24) is 0 Å². The summed E-state index contributed by atoms with van der Waals surface area (Å²) in [7, 11) is 0. The van der Waals surface area contributed by atoms with Crippen molar-refractivity contribution in [2.45, 2.75) is 52.4 Å². The molecule has 0 saturated heterocycles. The summed E-state index contributed by atoms with van der Waals surface area (Å²) in [5, 5.41) is 0. The lowest BCUT2D eigenvalue weighted by Crippen LogP contribution is -1.72. The van der Waals surface area contributed by atoms with Gasteiger partial charge in [-0.15, -0.1) is 0 Å². The highest BCUT2D eigenvalue weighted by molar-refractivity contribution is 5.10. The molecule has 0 N–H and O–H groups in total. The van der Waals surface area contributed by atoms with Crippen LogP contribution in [0.1, 0.15) is 52.4 Å². The number of unbranched alkanes of at least 4 members (excludes halogenated alkanes) is 4. The molecule has 0 rings (SSSR count). The number of hydrogen-bond donors (Lipinski definition) is 0. The highest BCUT2D eigenvalue weighted by atomic mass is 13.9. The third-order valence-corrected chi connectivity index (χ3v) is 2.28. The number of rotatable bonds is 9. The lowest BCUT2D eigenvalue weighted by atomic mass is 10.1. The maximum Gasteiger partial charge on any atom is -0.0347 e. The summed E-state index contributed by atoms with van der Waals surface area (Å²) in [6, 6.07) is 0. The molecule has 0 heteroatoms. The molecule has 0 heterocycles. The van der Waals surface area contributed by atoms with E-state index in [1.165, 1.54) is 38.5 Å². The van der Waals surface area contributed by atoms with Gasteiger partial charge in [0.2, 0.25) is 0 Å². The predicted molar refractivity (Wildman–Crippen MR) is 75.6 cm³/mol. The number of hydrogen-bond acceptors (Lipinski definition) is 0. The third-order valence-electron chi connectivity index (χ3n) is 2.28. The summed E-state index contributed by atoms with van der Waals surface area (Å²) in [5.41, 5.74) is 0. The van der Waals surface area contributed by atoms with Crippen molar-refractivity contribution < 1.29 is 0 Å². The average molecular weight is 218 g/mol. The summed E-state index contributed by atoms with van der Waals surface area (Å²) in [6.07, 6.45) is 24.8. The number of allylic oxidation sites excluding steroid dienone is 8. The van der Waals surface area contributed by atoms with Gasteiger partial charge in [0, 0.05) is 0 Å². The summed E-state index contributed by atoms with van der Waals surface area (Å²) in [6.45, 7) is 4.25. The highest BCUT2D eigenvalue weighted by Crippen LogP contribution is 2.02. The Morgan fingerprint density at radius 1 is 0.688 bits per heavy atom. The average Bonchev–Trinajstić information content (AvgIpc) is 2.31. The van der Waals surface area contributed by atoms with Gasteiger partial charge in [0.25, 0.3) is 0 Å². The molecular formula is C16H26. The first-order valence-corrected chi connectivity index (χ1v) is 6.51. The minimum absolute atomic E-state index is 1.20. The third kappa shape index (κ3) is 13.0. The Hall–Kier alpha value is -1.04. The summed E-state index contributed by atoms with van der Waals surface area (Å²) in [4.78, 5) is 0. The van der Waals surface area contributed by atoms with Crippen LogP contribution in [0.2, 0.25) is 0 Å². The van der Waals surface area contributed by atoms with Crippen LogP contribution in [0, 0.1) is 0 Å². The summed E-state index contributed by atoms with van der Waals surface area (Å²) in [5.74, 6) is 0. The largest absolute Gasteiger partial charge is 0.0885 e. The first-order chi connectivity index (χ1) is 7.91. The van der Waals surface area contributed by atoms with E-state index in [4.69, 9.17) is 0 Å². The molecule has 0 bridgehead atoms. The van der Waals surface area contributed by atoms with Crippen LogP contribution >= 0.6 is 0 Å². The zero-order valence-electron chi connectivity index (χ0n) is 10.9. The van der Waals surface area contributed by atoms with E-state index < -0.39 is 0 Å². The van der Waals surface area contributed by atoms with E-state index >= 15 is 0 Å². The van der Waals surface area contributed by atoms with Gasteiger partial charge in [-0.25, -0.2) is 0 Å². The maximum atomic E-state index is 2.32. The van der Waals surface area contributed by atoms with Crippen LogP contribution in [-0.2, 0) is 0 Å². The molecule has 0 aromatic rings. The van der Waals surface area contributed by atoms with E-state index in [1.807, 2.05) is 19.1 Å². The zero-order valence-corrected chi connectivity index (χ0v) is 10.9. The minimum Gasteiger partial charge on any atom is -0.0885 e. The molecule has 0 aromatic carbocycles. The van der Waals surface area contributed by atoms with Crippen LogP contribution in [0.5, 0.6) is 0 Å². The molecule has 0 unspecified atom stereocenters. The van der Waals surface area contributed by atoms with Crippen molar-refractivity contribution >= 4 is 0 Å². The lowest BCUT2D eigenvalue weighted by molar-refractivity contribution is 0.759. The summed E-state index contributed by atoms with van der Waals surface area (Å²) < 4.78 is 0. The quantitative estimate of drug-likeness (QED) is 0.269. The lowest BCUT2D eigenvalue weighted by Gasteiger charge is -1.92. The maximum absolute atomic E-state index is 2.32. The minimum atomic E-state index is 1.20. The van der Waals surface area contributed by atoms with Crippen molar-refractivity contribution in [3.63, 3.8) is 0 Å². The fourth-order valence-corrected chi connectivity index (χ4v) is 1.34. The molecule has 0 nitrogen and oxygen atoms in total. The SMILES string of the molecule is C/C=C/C=C/C=C/CCCC/C=C/CCC. The van der Waals surface area contributed by atoms with E-state index in [1.54, 1.807) is 0 Å².